The number of pyridine rings is 1. The number of fused-ring (bicyclic) bond motifs is 2. The SMILES string of the molecule is CN1CC(c2ccc3ncc(Cc4ccc5ncc(-c6cnn(C)c6)n5c4)n3n2)C=N1. The number of hydrogen-bond donors (Lipinski definition) is 0. The maximum Gasteiger partial charge on any atom is 0.153 e. The van der Waals surface area contributed by atoms with Gasteiger partial charge in [-0.1, -0.05) is 6.07 Å². The molecule has 154 valence electrons. The van der Waals surface area contributed by atoms with Crippen molar-refractivity contribution in [3.05, 3.63) is 72.2 Å². The average Bonchev–Trinajstić information content (AvgIpc) is 3.55. The summed E-state index contributed by atoms with van der Waals surface area (Å²) in [4.78, 5) is 9.08. The first-order valence-corrected chi connectivity index (χ1v) is 10.2. The van der Waals surface area contributed by atoms with Crippen LogP contribution in [0.25, 0.3) is 22.6 Å². The standard InChI is InChI=1S/C22H21N9/c1-28-13-16(8-25-28)19-4-6-22-23-10-18(31(22)27-19)7-15-3-5-21-24-11-20(30(21)12-15)17-9-26-29(2)14-17/h3-6,8-12,14,16H,7,13H2,1-2H3. The molecule has 5 aromatic heterocycles. The molecule has 0 saturated heterocycles. The lowest BCUT2D eigenvalue weighted by atomic mass is 10.1. The van der Waals surface area contributed by atoms with Gasteiger partial charge in [-0.05, 0) is 23.8 Å². The molecule has 1 unspecified atom stereocenters. The van der Waals surface area contributed by atoms with Crippen molar-refractivity contribution in [2.24, 2.45) is 12.1 Å². The summed E-state index contributed by atoms with van der Waals surface area (Å²) in [6, 6.07) is 8.22. The van der Waals surface area contributed by atoms with Crippen molar-refractivity contribution in [1.82, 2.24) is 38.8 Å². The van der Waals surface area contributed by atoms with E-state index < -0.39 is 0 Å². The Kier molecular flexibility index (Phi) is 3.89. The lowest BCUT2D eigenvalue weighted by molar-refractivity contribution is 0.379. The number of hydrazone groups is 1. The number of likely N-dealkylation sites (N-methyl/N-ethyl adjacent to an activating group) is 1. The quantitative estimate of drug-likeness (QED) is 0.454. The fourth-order valence-corrected chi connectivity index (χ4v) is 4.10. The molecule has 0 fully saturated rings. The molecule has 1 aliphatic heterocycles. The van der Waals surface area contributed by atoms with Gasteiger partial charge >= 0.3 is 0 Å². The Morgan fingerprint density at radius 1 is 0.968 bits per heavy atom. The molecule has 1 atom stereocenters. The van der Waals surface area contributed by atoms with Crippen molar-refractivity contribution >= 4 is 17.5 Å². The van der Waals surface area contributed by atoms with Gasteiger partial charge in [0.15, 0.2) is 5.65 Å². The molecule has 5 aromatic rings. The lowest BCUT2D eigenvalue weighted by Gasteiger charge is -2.10. The van der Waals surface area contributed by atoms with Crippen LogP contribution in [0, 0.1) is 0 Å². The van der Waals surface area contributed by atoms with Gasteiger partial charge in [0.1, 0.15) is 5.65 Å². The van der Waals surface area contributed by atoms with Gasteiger partial charge in [-0.3, -0.25) is 14.1 Å². The highest BCUT2D eigenvalue weighted by molar-refractivity contribution is 5.69. The summed E-state index contributed by atoms with van der Waals surface area (Å²) < 4.78 is 5.86. The molecule has 0 aromatic carbocycles. The fourth-order valence-electron chi connectivity index (χ4n) is 4.10. The molecule has 0 radical (unpaired) electrons. The number of aromatic nitrogens is 7. The van der Waals surface area contributed by atoms with E-state index in [1.807, 2.05) is 72.8 Å². The van der Waals surface area contributed by atoms with Crippen molar-refractivity contribution in [2.75, 3.05) is 13.6 Å². The Labute approximate surface area is 178 Å². The van der Waals surface area contributed by atoms with Crippen LogP contribution in [0.1, 0.15) is 22.9 Å². The highest BCUT2D eigenvalue weighted by Crippen LogP contribution is 2.22. The zero-order valence-electron chi connectivity index (χ0n) is 17.3. The normalized spacial score (nSPS) is 16.2. The van der Waals surface area contributed by atoms with Crippen molar-refractivity contribution < 1.29 is 0 Å². The van der Waals surface area contributed by atoms with Crippen molar-refractivity contribution in [3.8, 4) is 11.3 Å². The van der Waals surface area contributed by atoms with Crippen molar-refractivity contribution in [1.29, 1.82) is 0 Å². The fraction of sp³-hybridized carbons (Fsp3) is 0.227. The van der Waals surface area contributed by atoms with Gasteiger partial charge in [-0.15, -0.1) is 0 Å². The summed E-state index contributed by atoms with van der Waals surface area (Å²) in [7, 11) is 3.89. The molecule has 6 rings (SSSR count). The molecule has 0 bridgehead atoms. The summed E-state index contributed by atoms with van der Waals surface area (Å²) in [6.07, 6.45) is 12.5. The Morgan fingerprint density at radius 2 is 1.84 bits per heavy atom. The Hall–Kier alpha value is -4.01. The minimum absolute atomic E-state index is 0.203. The van der Waals surface area contributed by atoms with E-state index in [2.05, 4.69) is 36.8 Å². The molecule has 0 spiro atoms. The minimum Gasteiger partial charge on any atom is -0.299 e. The van der Waals surface area contributed by atoms with Crippen molar-refractivity contribution in [2.45, 2.75) is 12.3 Å². The van der Waals surface area contributed by atoms with Crippen LogP contribution in [-0.4, -0.2) is 58.6 Å². The van der Waals surface area contributed by atoms with Crippen LogP contribution >= 0.6 is 0 Å². The molecule has 1 aliphatic rings. The van der Waals surface area contributed by atoms with Gasteiger partial charge in [0, 0.05) is 51.2 Å². The maximum absolute atomic E-state index is 4.87. The molecular formula is C22H21N9. The molecule has 0 N–H and O–H groups in total. The van der Waals surface area contributed by atoms with Crippen LogP contribution in [0.2, 0.25) is 0 Å². The molecule has 9 nitrogen and oxygen atoms in total. The molecule has 9 heteroatoms. The van der Waals surface area contributed by atoms with Crippen molar-refractivity contribution in [3.63, 3.8) is 0 Å². The van der Waals surface area contributed by atoms with E-state index in [0.717, 1.165) is 52.5 Å². The van der Waals surface area contributed by atoms with Crippen LogP contribution in [-0.2, 0) is 13.5 Å². The van der Waals surface area contributed by atoms with Gasteiger partial charge in [0.25, 0.3) is 0 Å². The summed E-state index contributed by atoms with van der Waals surface area (Å²) in [6.45, 7) is 0.844. The molecule has 6 heterocycles. The molecule has 0 aliphatic carbocycles. The van der Waals surface area contributed by atoms with Crippen LogP contribution < -0.4 is 0 Å². The van der Waals surface area contributed by atoms with E-state index in [9.17, 15) is 0 Å². The maximum atomic E-state index is 4.87. The van der Waals surface area contributed by atoms with E-state index in [0.29, 0.717) is 0 Å². The molecule has 0 saturated carbocycles. The van der Waals surface area contributed by atoms with E-state index >= 15 is 0 Å². The third kappa shape index (κ3) is 3.05. The highest BCUT2D eigenvalue weighted by atomic mass is 15.4. The van der Waals surface area contributed by atoms with E-state index in [-0.39, 0.29) is 5.92 Å². The highest BCUT2D eigenvalue weighted by Gasteiger charge is 2.19. The number of nitrogens with zero attached hydrogens (tertiary/aromatic N) is 9. The minimum atomic E-state index is 0.203. The van der Waals surface area contributed by atoms with Crippen LogP contribution in [0.5, 0.6) is 0 Å². The molecular weight excluding hydrogens is 390 g/mol. The van der Waals surface area contributed by atoms with E-state index in [1.165, 1.54) is 0 Å². The largest absolute Gasteiger partial charge is 0.299 e. The van der Waals surface area contributed by atoms with Crippen LogP contribution in [0.4, 0.5) is 0 Å². The predicted molar refractivity (Wildman–Crippen MR) is 117 cm³/mol. The zero-order chi connectivity index (χ0) is 20.9. The second kappa shape index (κ2) is 6.76. The second-order valence-electron chi connectivity index (χ2n) is 7.98. The van der Waals surface area contributed by atoms with Gasteiger partial charge in [0.2, 0.25) is 0 Å². The second-order valence-corrected chi connectivity index (χ2v) is 7.98. The van der Waals surface area contributed by atoms with Gasteiger partial charge in [-0.2, -0.15) is 15.3 Å². The first kappa shape index (κ1) is 17.8. The van der Waals surface area contributed by atoms with Crippen LogP contribution in [0.3, 0.4) is 0 Å². The van der Waals surface area contributed by atoms with Gasteiger partial charge < -0.3 is 0 Å². The summed E-state index contributed by atoms with van der Waals surface area (Å²) in [5.41, 5.74) is 7.02. The predicted octanol–water partition coefficient (Wildman–Crippen LogP) is 2.38. The zero-order valence-corrected chi connectivity index (χ0v) is 17.3. The lowest BCUT2D eigenvalue weighted by Crippen LogP contribution is -2.14. The third-order valence-corrected chi connectivity index (χ3v) is 5.69. The Bertz CT molecular complexity index is 1440. The average molecular weight is 411 g/mol. The molecule has 31 heavy (non-hydrogen) atoms. The monoisotopic (exact) mass is 411 g/mol. The van der Waals surface area contributed by atoms with Crippen LogP contribution in [0.15, 0.2) is 60.4 Å². The Morgan fingerprint density at radius 3 is 2.65 bits per heavy atom. The number of imidazole rings is 2. The Balaban J connectivity index is 1.36. The van der Waals surface area contributed by atoms with E-state index in [4.69, 9.17) is 5.10 Å². The van der Waals surface area contributed by atoms with Gasteiger partial charge in [0.05, 0.1) is 41.6 Å². The third-order valence-electron chi connectivity index (χ3n) is 5.69. The number of aryl methyl sites for hydroxylation is 1. The summed E-state index contributed by atoms with van der Waals surface area (Å²) in [5, 5.41) is 15.4. The summed E-state index contributed by atoms with van der Waals surface area (Å²) >= 11 is 0. The smallest absolute Gasteiger partial charge is 0.153 e. The van der Waals surface area contributed by atoms with E-state index in [1.54, 1.807) is 4.68 Å². The molecule has 0 amide bonds. The first-order valence-electron chi connectivity index (χ1n) is 10.2. The summed E-state index contributed by atoms with van der Waals surface area (Å²) in [5.74, 6) is 0.203. The number of hydrogen-bond acceptors (Lipinski definition) is 6. The topological polar surface area (TPSA) is 80.9 Å². The number of rotatable bonds is 4. The first-order chi connectivity index (χ1) is 15.1. The van der Waals surface area contributed by atoms with Gasteiger partial charge in [-0.25, -0.2) is 14.5 Å².